The van der Waals surface area contributed by atoms with Crippen LogP contribution < -0.4 is 5.32 Å². The number of piperidine rings is 1. The first kappa shape index (κ1) is 19.3. The van der Waals surface area contributed by atoms with Gasteiger partial charge in [-0.05, 0) is 61.4 Å². The molecule has 2 aromatic rings. The first-order valence-corrected chi connectivity index (χ1v) is 11.5. The zero-order chi connectivity index (χ0) is 19.7. The fourth-order valence-electron chi connectivity index (χ4n) is 3.92. The normalized spacial score (nSPS) is 18.5. The van der Waals surface area contributed by atoms with Crippen molar-refractivity contribution in [2.45, 2.75) is 31.6 Å². The van der Waals surface area contributed by atoms with Gasteiger partial charge in [-0.3, -0.25) is 4.79 Å². The molecule has 1 aromatic heterocycles. The Morgan fingerprint density at radius 2 is 1.86 bits per heavy atom. The van der Waals surface area contributed by atoms with Crippen molar-refractivity contribution in [2.24, 2.45) is 0 Å². The van der Waals surface area contributed by atoms with Crippen LogP contribution in [-0.2, 0) is 0 Å². The van der Waals surface area contributed by atoms with E-state index < -0.39 is 0 Å². The van der Waals surface area contributed by atoms with E-state index >= 15 is 0 Å². The SMILES string of the molecule is Cc1ccc(NC(=O)N2CCC3(CC2)SCCN3C(=O)c2cccs2)cc1C. The van der Waals surface area contributed by atoms with Gasteiger partial charge in [0.25, 0.3) is 5.91 Å². The number of benzene rings is 1. The van der Waals surface area contributed by atoms with Gasteiger partial charge in [-0.25, -0.2) is 4.79 Å². The minimum atomic E-state index is -0.168. The van der Waals surface area contributed by atoms with E-state index in [4.69, 9.17) is 0 Å². The topological polar surface area (TPSA) is 52.7 Å². The number of carbonyl (C=O) groups excluding carboxylic acids is 2. The van der Waals surface area contributed by atoms with E-state index in [2.05, 4.69) is 12.2 Å². The molecular formula is C21H25N3O2S2. The highest BCUT2D eigenvalue weighted by molar-refractivity contribution is 8.00. The average molecular weight is 416 g/mol. The Bertz CT molecular complexity index is 874. The Balaban J connectivity index is 1.40. The molecule has 2 saturated heterocycles. The van der Waals surface area contributed by atoms with Gasteiger partial charge >= 0.3 is 6.03 Å². The summed E-state index contributed by atoms with van der Waals surface area (Å²) in [7, 11) is 0. The highest BCUT2D eigenvalue weighted by Gasteiger charge is 2.47. The van der Waals surface area contributed by atoms with Gasteiger partial charge in [-0.15, -0.1) is 23.1 Å². The lowest BCUT2D eigenvalue weighted by Crippen LogP contribution is -2.54. The summed E-state index contributed by atoms with van der Waals surface area (Å²) >= 11 is 3.37. The van der Waals surface area contributed by atoms with Crippen molar-refractivity contribution >= 4 is 40.7 Å². The molecule has 4 rings (SSSR count). The van der Waals surface area contributed by atoms with Crippen LogP contribution in [0.4, 0.5) is 10.5 Å². The summed E-state index contributed by atoms with van der Waals surface area (Å²) in [5, 5.41) is 4.96. The van der Waals surface area contributed by atoms with E-state index in [-0.39, 0.29) is 16.8 Å². The maximum Gasteiger partial charge on any atom is 0.321 e. The zero-order valence-electron chi connectivity index (χ0n) is 16.2. The van der Waals surface area contributed by atoms with Crippen molar-refractivity contribution in [3.63, 3.8) is 0 Å². The number of nitrogens with zero attached hydrogens (tertiary/aromatic N) is 2. The van der Waals surface area contributed by atoms with Gasteiger partial charge in [0, 0.05) is 31.1 Å². The summed E-state index contributed by atoms with van der Waals surface area (Å²) in [6.45, 7) is 6.23. The number of anilines is 1. The van der Waals surface area contributed by atoms with Crippen LogP contribution in [0.3, 0.4) is 0 Å². The van der Waals surface area contributed by atoms with Crippen molar-refractivity contribution < 1.29 is 9.59 Å². The van der Waals surface area contributed by atoms with Crippen molar-refractivity contribution in [3.8, 4) is 0 Å². The number of rotatable bonds is 2. The molecule has 28 heavy (non-hydrogen) atoms. The molecule has 1 aromatic carbocycles. The van der Waals surface area contributed by atoms with Crippen LogP contribution in [0.15, 0.2) is 35.7 Å². The monoisotopic (exact) mass is 415 g/mol. The number of urea groups is 1. The summed E-state index contributed by atoms with van der Waals surface area (Å²) in [5.74, 6) is 1.10. The van der Waals surface area contributed by atoms with Crippen LogP contribution in [0.5, 0.6) is 0 Å². The first-order valence-electron chi connectivity index (χ1n) is 9.61. The van der Waals surface area contributed by atoms with Gasteiger partial charge in [0.15, 0.2) is 0 Å². The molecule has 0 bridgehead atoms. The smallest absolute Gasteiger partial charge is 0.321 e. The Kier molecular flexibility index (Phi) is 5.38. The maximum absolute atomic E-state index is 12.9. The number of hydrogen-bond acceptors (Lipinski definition) is 4. The summed E-state index contributed by atoms with van der Waals surface area (Å²) in [5.41, 5.74) is 3.21. The van der Waals surface area contributed by atoms with Crippen LogP contribution in [-0.4, -0.2) is 52.0 Å². The molecule has 2 fully saturated rings. The lowest BCUT2D eigenvalue weighted by molar-refractivity contribution is 0.0590. The predicted octanol–water partition coefficient (Wildman–Crippen LogP) is 4.58. The molecule has 2 aliphatic heterocycles. The fraction of sp³-hybridized carbons (Fsp3) is 0.429. The molecule has 2 aliphatic rings. The zero-order valence-corrected chi connectivity index (χ0v) is 17.9. The molecule has 0 unspecified atom stereocenters. The number of likely N-dealkylation sites (tertiary alicyclic amines) is 1. The molecule has 3 amide bonds. The van der Waals surface area contributed by atoms with Crippen molar-refractivity contribution in [1.82, 2.24) is 9.80 Å². The molecule has 1 N–H and O–H groups in total. The number of amides is 3. The van der Waals surface area contributed by atoms with E-state index in [9.17, 15) is 9.59 Å². The van der Waals surface area contributed by atoms with E-state index in [1.165, 1.54) is 22.5 Å². The Morgan fingerprint density at radius 3 is 2.54 bits per heavy atom. The van der Waals surface area contributed by atoms with Gasteiger partial charge < -0.3 is 15.1 Å². The number of thiophene rings is 1. The highest BCUT2D eigenvalue weighted by Crippen LogP contribution is 2.44. The molecule has 7 heteroatoms. The molecule has 0 saturated carbocycles. The van der Waals surface area contributed by atoms with E-state index in [0.717, 1.165) is 35.7 Å². The maximum atomic E-state index is 12.9. The van der Waals surface area contributed by atoms with Gasteiger partial charge in [0.2, 0.25) is 0 Å². The predicted molar refractivity (Wildman–Crippen MR) is 116 cm³/mol. The molecule has 148 valence electrons. The number of aryl methyl sites for hydroxylation is 2. The second-order valence-electron chi connectivity index (χ2n) is 7.44. The molecule has 3 heterocycles. The lowest BCUT2D eigenvalue weighted by Gasteiger charge is -2.43. The quantitative estimate of drug-likeness (QED) is 0.781. The number of hydrogen-bond donors (Lipinski definition) is 1. The second kappa shape index (κ2) is 7.79. The summed E-state index contributed by atoms with van der Waals surface area (Å²) in [6.07, 6.45) is 1.63. The van der Waals surface area contributed by atoms with Crippen molar-refractivity contribution in [1.29, 1.82) is 0 Å². The van der Waals surface area contributed by atoms with Crippen LogP contribution in [0.2, 0.25) is 0 Å². The van der Waals surface area contributed by atoms with Crippen LogP contribution in [0.25, 0.3) is 0 Å². The van der Waals surface area contributed by atoms with Crippen LogP contribution in [0.1, 0.15) is 33.6 Å². The number of thioether (sulfide) groups is 1. The number of nitrogens with one attached hydrogen (secondary N) is 1. The summed E-state index contributed by atoms with van der Waals surface area (Å²) in [6, 6.07) is 9.74. The van der Waals surface area contributed by atoms with Crippen LogP contribution in [0, 0.1) is 13.8 Å². The standard InChI is InChI=1S/C21H25N3O2S2/c1-15-5-6-17(14-16(15)2)22-20(26)23-9-7-21(8-10-23)24(11-13-28-21)19(25)18-4-3-12-27-18/h3-6,12,14H,7-11,13H2,1-2H3,(H,22,26). The molecule has 5 nitrogen and oxygen atoms in total. The van der Waals surface area contributed by atoms with Gasteiger partial charge in [0.05, 0.1) is 9.75 Å². The third-order valence-corrected chi connectivity index (χ3v) is 8.16. The third-order valence-electron chi connectivity index (χ3n) is 5.74. The Hall–Kier alpha value is -1.99. The second-order valence-corrected chi connectivity index (χ2v) is 9.85. The van der Waals surface area contributed by atoms with Gasteiger partial charge in [0.1, 0.15) is 0 Å². The van der Waals surface area contributed by atoms with E-state index in [1.54, 1.807) is 0 Å². The first-order chi connectivity index (χ1) is 13.5. The minimum absolute atomic E-state index is 0.0581. The molecule has 0 aliphatic carbocycles. The van der Waals surface area contributed by atoms with Crippen molar-refractivity contribution in [3.05, 3.63) is 51.7 Å². The summed E-state index contributed by atoms with van der Waals surface area (Å²) < 4.78 is 0. The largest absolute Gasteiger partial charge is 0.324 e. The highest BCUT2D eigenvalue weighted by atomic mass is 32.2. The summed E-state index contributed by atoms with van der Waals surface area (Å²) in [4.78, 5) is 30.2. The molecule has 1 spiro atoms. The Morgan fingerprint density at radius 1 is 1.07 bits per heavy atom. The molecule has 0 radical (unpaired) electrons. The molecule has 0 atom stereocenters. The third kappa shape index (κ3) is 3.65. The average Bonchev–Trinajstić information content (AvgIpc) is 3.35. The van der Waals surface area contributed by atoms with E-state index in [0.29, 0.717) is 13.1 Å². The fourth-order valence-corrected chi connectivity index (χ4v) is 6.05. The Labute approximate surface area is 174 Å². The van der Waals surface area contributed by atoms with Crippen molar-refractivity contribution in [2.75, 3.05) is 30.7 Å². The molecular weight excluding hydrogens is 390 g/mol. The van der Waals surface area contributed by atoms with Gasteiger partial charge in [-0.2, -0.15) is 0 Å². The van der Waals surface area contributed by atoms with Gasteiger partial charge in [-0.1, -0.05) is 12.1 Å². The van der Waals surface area contributed by atoms with Crippen LogP contribution >= 0.6 is 23.1 Å². The van der Waals surface area contributed by atoms with E-state index in [1.807, 2.05) is 64.2 Å². The lowest BCUT2D eigenvalue weighted by atomic mass is 10.0. The minimum Gasteiger partial charge on any atom is -0.324 e. The number of carbonyl (C=O) groups is 2.